The van der Waals surface area contributed by atoms with Gasteiger partial charge in [0.2, 0.25) is 0 Å². The number of ether oxygens (including phenoxy) is 3. The number of aryl methyl sites for hydroxylation is 2. The molecule has 0 heterocycles. The van der Waals surface area contributed by atoms with Crippen molar-refractivity contribution in [1.82, 2.24) is 5.32 Å². The first-order chi connectivity index (χ1) is 12.9. The second kappa shape index (κ2) is 9.07. The zero-order valence-corrected chi connectivity index (χ0v) is 16.3. The molecule has 144 valence electrons. The number of nitrogens with one attached hydrogen (secondary N) is 1. The van der Waals surface area contributed by atoms with Crippen LogP contribution in [0.4, 0.5) is 0 Å². The minimum Gasteiger partial charge on any atom is -0.493 e. The molecule has 0 spiro atoms. The van der Waals surface area contributed by atoms with E-state index in [9.17, 15) is 9.59 Å². The highest BCUT2D eigenvalue weighted by Gasteiger charge is 2.19. The first kappa shape index (κ1) is 20.3. The molecule has 0 fully saturated rings. The van der Waals surface area contributed by atoms with Crippen LogP contribution in [-0.2, 0) is 9.53 Å². The molecular formula is C21H25NO5. The lowest BCUT2D eigenvalue weighted by molar-refractivity contribution is -0.124. The molecule has 1 atom stereocenters. The van der Waals surface area contributed by atoms with Gasteiger partial charge < -0.3 is 19.5 Å². The molecule has 2 aromatic carbocycles. The van der Waals surface area contributed by atoms with Gasteiger partial charge in [-0.25, -0.2) is 4.79 Å². The number of methoxy groups -OCH3 is 2. The predicted octanol–water partition coefficient (Wildman–Crippen LogP) is 3.35. The number of esters is 1. The van der Waals surface area contributed by atoms with Crippen LogP contribution in [0.5, 0.6) is 11.5 Å². The third-order valence-electron chi connectivity index (χ3n) is 4.37. The standard InChI is InChI=1S/C21H25NO5/c1-13-9-10-16(11-14(13)2)15(3)22-19(23)12-27-21(24)17-7-6-8-18(25-4)20(17)26-5/h6-11,15H,12H2,1-5H3,(H,22,23)/t15-/m1/s1. The average Bonchev–Trinajstić information content (AvgIpc) is 2.67. The fourth-order valence-corrected chi connectivity index (χ4v) is 2.66. The van der Waals surface area contributed by atoms with Crippen LogP contribution in [0.1, 0.15) is 40.0 Å². The molecule has 0 saturated carbocycles. The van der Waals surface area contributed by atoms with Crippen molar-refractivity contribution in [3.63, 3.8) is 0 Å². The molecule has 6 heteroatoms. The van der Waals surface area contributed by atoms with E-state index in [1.54, 1.807) is 18.2 Å². The van der Waals surface area contributed by atoms with Crippen LogP contribution in [-0.4, -0.2) is 32.7 Å². The molecule has 27 heavy (non-hydrogen) atoms. The van der Waals surface area contributed by atoms with E-state index < -0.39 is 5.97 Å². The van der Waals surface area contributed by atoms with Gasteiger partial charge in [-0.1, -0.05) is 24.3 Å². The lowest BCUT2D eigenvalue weighted by Gasteiger charge is -2.16. The van der Waals surface area contributed by atoms with E-state index >= 15 is 0 Å². The van der Waals surface area contributed by atoms with Crippen LogP contribution in [0.3, 0.4) is 0 Å². The minimum atomic E-state index is -0.653. The molecule has 0 saturated heterocycles. The molecule has 2 rings (SSSR count). The van der Waals surface area contributed by atoms with Crippen LogP contribution in [0.15, 0.2) is 36.4 Å². The van der Waals surface area contributed by atoms with Gasteiger partial charge in [0.1, 0.15) is 5.56 Å². The quantitative estimate of drug-likeness (QED) is 0.756. The molecule has 6 nitrogen and oxygen atoms in total. The summed E-state index contributed by atoms with van der Waals surface area (Å²) in [5.41, 5.74) is 3.54. The summed E-state index contributed by atoms with van der Waals surface area (Å²) in [6.07, 6.45) is 0. The summed E-state index contributed by atoms with van der Waals surface area (Å²) in [6, 6.07) is 10.7. The third kappa shape index (κ3) is 5.00. The van der Waals surface area contributed by atoms with E-state index in [-0.39, 0.29) is 29.9 Å². The van der Waals surface area contributed by atoms with Gasteiger partial charge in [0, 0.05) is 0 Å². The SMILES string of the molecule is COc1cccc(C(=O)OCC(=O)N[C@H](C)c2ccc(C)c(C)c2)c1OC. The molecule has 1 N–H and O–H groups in total. The smallest absolute Gasteiger partial charge is 0.342 e. The average molecular weight is 371 g/mol. The van der Waals surface area contributed by atoms with Gasteiger partial charge in [0.15, 0.2) is 18.1 Å². The van der Waals surface area contributed by atoms with Gasteiger partial charge in [-0.2, -0.15) is 0 Å². The van der Waals surface area contributed by atoms with Crippen molar-refractivity contribution in [1.29, 1.82) is 0 Å². The normalized spacial score (nSPS) is 11.4. The molecule has 1 amide bonds. The van der Waals surface area contributed by atoms with E-state index in [1.807, 2.05) is 39.0 Å². The molecule has 0 aromatic heterocycles. The molecular weight excluding hydrogens is 346 g/mol. The Bertz CT molecular complexity index is 831. The summed E-state index contributed by atoms with van der Waals surface area (Å²) in [4.78, 5) is 24.4. The number of hydrogen-bond acceptors (Lipinski definition) is 5. The maximum atomic E-state index is 12.3. The molecule has 0 aliphatic rings. The molecule has 0 radical (unpaired) electrons. The van der Waals surface area contributed by atoms with E-state index in [4.69, 9.17) is 14.2 Å². The van der Waals surface area contributed by atoms with Crippen LogP contribution in [0.25, 0.3) is 0 Å². The topological polar surface area (TPSA) is 73.9 Å². The van der Waals surface area contributed by atoms with Crippen molar-refractivity contribution in [2.45, 2.75) is 26.8 Å². The summed E-state index contributed by atoms with van der Waals surface area (Å²) in [6.45, 7) is 5.56. The van der Waals surface area contributed by atoms with E-state index in [1.165, 1.54) is 19.8 Å². The summed E-state index contributed by atoms with van der Waals surface area (Å²) in [5, 5.41) is 2.83. The molecule has 0 aliphatic heterocycles. The van der Waals surface area contributed by atoms with Gasteiger partial charge in [-0.15, -0.1) is 0 Å². The minimum absolute atomic E-state index is 0.193. The number of amides is 1. The van der Waals surface area contributed by atoms with Crippen molar-refractivity contribution in [2.75, 3.05) is 20.8 Å². The monoisotopic (exact) mass is 371 g/mol. The van der Waals surface area contributed by atoms with Crippen LogP contribution in [0.2, 0.25) is 0 Å². The van der Waals surface area contributed by atoms with Gasteiger partial charge in [0.05, 0.1) is 20.3 Å². The lowest BCUT2D eigenvalue weighted by Crippen LogP contribution is -2.31. The number of benzene rings is 2. The van der Waals surface area contributed by atoms with Crippen molar-refractivity contribution < 1.29 is 23.8 Å². The highest BCUT2D eigenvalue weighted by Crippen LogP contribution is 2.31. The Morgan fingerprint density at radius 3 is 2.41 bits per heavy atom. The third-order valence-corrected chi connectivity index (χ3v) is 4.37. The first-order valence-corrected chi connectivity index (χ1v) is 8.62. The summed E-state index contributed by atoms with van der Waals surface area (Å²) < 4.78 is 15.5. The van der Waals surface area contributed by atoms with E-state index in [0.717, 1.165) is 11.1 Å². The molecule has 0 bridgehead atoms. The Labute approximate surface area is 159 Å². The maximum absolute atomic E-state index is 12.3. The second-order valence-corrected chi connectivity index (χ2v) is 6.25. The number of para-hydroxylation sites is 1. The van der Waals surface area contributed by atoms with Crippen molar-refractivity contribution in [3.8, 4) is 11.5 Å². The van der Waals surface area contributed by atoms with E-state index in [0.29, 0.717) is 5.75 Å². The Hall–Kier alpha value is -3.02. The predicted molar refractivity (Wildman–Crippen MR) is 102 cm³/mol. The first-order valence-electron chi connectivity index (χ1n) is 8.62. The highest BCUT2D eigenvalue weighted by atomic mass is 16.5. The summed E-state index contributed by atoms with van der Waals surface area (Å²) in [5.74, 6) is -0.343. The number of hydrogen-bond donors (Lipinski definition) is 1. The Kier molecular flexibility index (Phi) is 6.82. The number of carbonyl (C=O) groups excluding carboxylic acids is 2. The zero-order valence-electron chi connectivity index (χ0n) is 16.3. The lowest BCUT2D eigenvalue weighted by atomic mass is 10.0. The summed E-state index contributed by atoms with van der Waals surface area (Å²) in [7, 11) is 2.92. The van der Waals surface area contributed by atoms with Gasteiger partial charge in [0.25, 0.3) is 5.91 Å². The van der Waals surface area contributed by atoms with Crippen molar-refractivity contribution >= 4 is 11.9 Å². The second-order valence-electron chi connectivity index (χ2n) is 6.25. The van der Waals surface area contributed by atoms with E-state index in [2.05, 4.69) is 5.32 Å². The fourth-order valence-electron chi connectivity index (χ4n) is 2.66. The zero-order chi connectivity index (χ0) is 20.0. The largest absolute Gasteiger partial charge is 0.493 e. The number of carbonyl (C=O) groups is 2. The Balaban J connectivity index is 1.97. The molecule has 0 aliphatic carbocycles. The fraction of sp³-hybridized carbons (Fsp3) is 0.333. The van der Waals surface area contributed by atoms with Crippen molar-refractivity contribution in [2.24, 2.45) is 0 Å². The highest BCUT2D eigenvalue weighted by molar-refractivity contribution is 5.95. The van der Waals surface area contributed by atoms with Gasteiger partial charge >= 0.3 is 5.97 Å². The van der Waals surface area contributed by atoms with Gasteiger partial charge in [-0.05, 0) is 49.6 Å². The Morgan fingerprint density at radius 1 is 1.04 bits per heavy atom. The maximum Gasteiger partial charge on any atom is 0.342 e. The van der Waals surface area contributed by atoms with Gasteiger partial charge in [-0.3, -0.25) is 4.79 Å². The molecule has 0 unspecified atom stereocenters. The van der Waals surface area contributed by atoms with Crippen molar-refractivity contribution in [3.05, 3.63) is 58.7 Å². The number of rotatable bonds is 7. The Morgan fingerprint density at radius 2 is 1.78 bits per heavy atom. The summed E-state index contributed by atoms with van der Waals surface area (Å²) >= 11 is 0. The van der Waals surface area contributed by atoms with Crippen LogP contribution in [0, 0.1) is 13.8 Å². The van der Waals surface area contributed by atoms with Crippen LogP contribution >= 0.6 is 0 Å². The van der Waals surface area contributed by atoms with Crippen LogP contribution < -0.4 is 14.8 Å². The molecule has 2 aromatic rings.